The van der Waals surface area contributed by atoms with Crippen LogP contribution in [0.1, 0.15) is 18.4 Å². The van der Waals surface area contributed by atoms with E-state index in [0.29, 0.717) is 11.6 Å². The molecule has 0 aliphatic rings. The van der Waals surface area contributed by atoms with Crippen LogP contribution in [0.5, 0.6) is 5.75 Å². The highest BCUT2D eigenvalue weighted by Gasteiger charge is 2.11. The number of anilines is 1. The molecule has 0 saturated heterocycles. The van der Waals surface area contributed by atoms with Crippen molar-refractivity contribution >= 4 is 23.8 Å². The van der Waals surface area contributed by atoms with E-state index in [2.05, 4.69) is 10.4 Å². The molecule has 26 heavy (non-hydrogen) atoms. The SMILES string of the molecule is CCc1ccccc1NC(=O)Cn1nc(COc2ccccc2)oc1=S. The van der Waals surface area contributed by atoms with Crippen LogP contribution >= 0.6 is 12.2 Å². The maximum atomic E-state index is 12.3. The molecule has 0 aliphatic heterocycles. The number of nitrogens with one attached hydrogen (secondary N) is 1. The van der Waals surface area contributed by atoms with Crippen LogP contribution in [0.4, 0.5) is 5.69 Å². The van der Waals surface area contributed by atoms with Crippen molar-refractivity contribution in [3.63, 3.8) is 0 Å². The van der Waals surface area contributed by atoms with Gasteiger partial charge in [-0.25, -0.2) is 4.68 Å². The number of carbonyl (C=O) groups excluding carboxylic acids is 1. The van der Waals surface area contributed by atoms with E-state index < -0.39 is 0 Å². The van der Waals surface area contributed by atoms with Crippen molar-refractivity contribution in [2.75, 3.05) is 5.32 Å². The van der Waals surface area contributed by atoms with Gasteiger partial charge in [0, 0.05) is 5.69 Å². The van der Waals surface area contributed by atoms with E-state index in [-0.39, 0.29) is 23.9 Å². The quantitative estimate of drug-likeness (QED) is 0.638. The first-order valence-corrected chi connectivity index (χ1v) is 8.69. The molecule has 2 aromatic carbocycles. The maximum Gasteiger partial charge on any atom is 0.287 e. The lowest BCUT2D eigenvalue weighted by Gasteiger charge is -2.09. The fraction of sp³-hybridized carbons (Fsp3) is 0.211. The third kappa shape index (κ3) is 4.58. The molecule has 0 bridgehead atoms. The number of ether oxygens (including phenoxy) is 1. The average molecular weight is 369 g/mol. The van der Waals surface area contributed by atoms with Gasteiger partial charge in [0.25, 0.3) is 10.7 Å². The Hall–Kier alpha value is -2.93. The lowest BCUT2D eigenvalue weighted by molar-refractivity contribution is -0.117. The number of nitrogens with zero attached hydrogens (tertiary/aromatic N) is 2. The molecule has 6 nitrogen and oxygen atoms in total. The second-order valence-corrected chi connectivity index (χ2v) is 5.93. The molecule has 0 aliphatic carbocycles. The number of aryl methyl sites for hydroxylation is 1. The minimum atomic E-state index is -0.217. The van der Waals surface area contributed by atoms with E-state index >= 15 is 0 Å². The number of benzene rings is 2. The number of para-hydroxylation sites is 2. The van der Waals surface area contributed by atoms with Crippen LogP contribution in [0.2, 0.25) is 0 Å². The second-order valence-electron chi connectivity index (χ2n) is 5.58. The Morgan fingerprint density at radius 1 is 1.19 bits per heavy atom. The zero-order valence-electron chi connectivity index (χ0n) is 14.3. The third-order valence-corrected chi connectivity index (χ3v) is 4.01. The van der Waals surface area contributed by atoms with Gasteiger partial charge < -0.3 is 14.5 Å². The highest BCUT2D eigenvalue weighted by atomic mass is 32.1. The Morgan fingerprint density at radius 3 is 2.69 bits per heavy atom. The van der Waals surface area contributed by atoms with Gasteiger partial charge in [-0.15, -0.1) is 5.10 Å². The number of aromatic nitrogens is 2. The minimum absolute atomic E-state index is 0.0221. The van der Waals surface area contributed by atoms with E-state index in [0.717, 1.165) is 17.7 Å². The van der Waals surface area contributed by atoms with E-state index in [1.165, 1.54) is 4.68 Å². The number of carbonyl (C=O) groups is 1. The molecule has 0 atom stereocenters. The Balaban J connectivity index is 1.62. The zero-order valence-corrected chi connectivity index (χ0v) is 15.2. The molecular weight excluding hydrogens is 350 g/mol. The van der Waals surface area contributed by atoms with Crippen LogP contribution in [-0.4, -0.2) is 15.7 Å². The van der Waals surface area contributed by atoms with Crippen LogP contribution in [0.25, 0.3) is 0 Å². The first-order valence-electron chi connectivity index (χ1n) is 8.28. The molecule has 1 N–H and O–H groups in total. The van der Waals surface area contributed by atoms with Gasteiger partial charge in [-0.2, -0.15) is 0 Å². The number of rotatable bonds is 7. The second kappa shape index (κ2) is 8.44. The normalized spacial score (nSPS) is 10.5. The van der Waals surface area contributed by atoms with Crippen LogP contribution in [-0.2, 0) is 24.4 Å². The van der Waals surface area contributed by atoms with Gasteiger partial charge >= 0.3 is 0 Å². The third-order valence-electron chi connectivity index (χ3n) is 3.72. The van der Waals surface area contributed by atoms with Crippen molar-refractivity contribution in [3.8, 4) is 5.75 Å². The summed E-state index contributed by atoms with van der Waals surface area (Å²) in [5, 5.41) is 7.09. The van der Waals surface area contributed by atoms with Gasteiger partial charge in [0.15, 0.2) is 6.61 Å². The largest absolute Gasteiger partial charge is 0.484 e. The predicted octanol–water partition coefficient (Wildman–Crippen LogP) is 3.99. The van der Waals surface area contributed by atoms with Gasteiger partial charge in [0.05, 0.1) is 0 Å². The van der Waals surface area contributed by atoms with Crippen LogP contribution in [0.15, 0.2) is 59.0 Å². The number of hydrogen-bond donors (Lipinski definition) is 1. The average Bonchev–Trinajstić information content (AvgIpc) is 3.00. The Bertz CT molecular complexity index is 934. The molecule has 0 radical (unpaired) electrons. The highest BCUT2D eigenvalue weighted by molar-refractivity contribution is 7.71. The fourth-order valence-electron chi connectivity index (χ4n) is 2.45. The molecule has 1 amide bonds. The summed E-state index contributed by atoms with van der Waals surface area (Å²) in [7, 11) is 0. The molecule has 0 spiro atoms. The topological polar surface area (TPSA) is 69.3 Å². The Morgan fingerprint density at radius 2 is 1.92 bits per heavy atom. The summed E-state index contributed by atoms with van der Waals surface area (Å²) in [4.78, 5) is 12.4. The van der Waals surface area contributed by atoms with E-state index in [4.69, 9.17) is 21.4 Å². The van der Waals surface area contributed by atoms with Gasteiger partial charge in [0.1, 0.15) is 12.3 Å². The van der Waals surface area contributed by atoms with Crippen molar-refractivity contribution in [1.82, 2.24) is 9.78 Å². The van der Waals surface area contributed by atoms with Crippen molar-refractivity contribution in [2.24, 2.45) is 0 Å². The molecule has 1 aromatic heterocycles. The van der Waals surface area contributed by atoms with E-state index in [1.807, 2.05) is 61.5 Å². The number of amides is 1. The summed E-state index contributed by atoms with van der Waals surface area (Å²) < 4.78 is 12.3. The molecule has 0 fully saturated rings. The van der Waals surface area contributed by atoms with Crippen LogP contribution in [0.3, 0.4) is 0 Å². The molecule has 3 aromatic rings. The lowest BCUT2D eigenvalue weighted by Crippen LogP contribution is -2.20. The molecule has 3 rings (SSSR count). The summed E-state index contributed by atoms with van der Waals surface area (Å²) in [6.07, 6.45) is 0.834. The minimum Gasteiger partial charge on any atom is -0.484 e. The van der Waals surface area contributed by atoms with Gasteiger partial charge in [0.2, 0.25) is 5.91 Å². The van der Waals surface area contributed by atoms with Crippen LogP contribution in [0, 0.1) is 4.84 Å². The lowest BCUT2D eigenvalue weighted by atomic mass is 10.1. The smallest absolute Gasteiger partial charge is 0.287 e. The standard InChI is InChI=1S/C19H19N3O3S/c1-2-14-8-6-7-11-16(14)20-17(23)12-22-19(26)25-18(21-22)13-24-15-9-4-3-5-10-15/h3-11H,2,12-13H2,1H3,(H,20,23). The Kier molecular flexibility index (Phi) is 5.80. The van der Waals surface area contributed by atoms with Gasteiger partial charge in [-0.05, 0) is 42.4 Å². The van der Waals surface area contributed by atoms with Crippen molar-refractivity contribution in [1.29, 1.82) is 0 Å². The molecule has 0 unspecified atom stereocenters. The van der Waals surface area contributed by atoms with Crippen LogP contribution < -0.4 is 10.1 Å². The molecule has 0 saturated carbocycles. The summed E-state index contributed by atoms with van der Waals surface area (Å²) in [6, 6.07) is 17.0. The number of hydrogen-bond acceptors (Lipinski definition) is 5. The summed E-state index contributed by atoms with van der Waals surface area (Å²) >= 11 is 5.13. The fourth-order valence-corrected chi connectivity index (χ4v) is 2.65. The summed E-state index contributed by atoms with van der Waals surface area (Å²) in [5.74, 6) is 0.809. The molecule has 7 heteroatoms. The first kappa shape index (κ1) is 17.9. The highest BCUT2D eigenvalue weighted by Crippen LogP contribution is 2.15. The Labute approximate surface area is 156 Å². The summed E-state index contributed by atoms with van der Waals surface area (Å²) in [6.45, 7) is 2.16. The van der Waals surface area contributed by atoms with E-state index in [9.17, 15) is 4.79 Å². The van der Waals surface area contributed by atoms with Crippen molar-refractivity contribution < 1.29 is 13.9 Å². The predicted molar refractivity (Wildman–Crippen MR) is 101 cm³/mol. The molecular formula is C19H19N3O3S. The van der Waals surface area contributed by atoms with E-state index in [1.54, 1.807) is 0 Å². The molecule has 134 valence electrons. The maximum absolute atomic E-state index is 12.3. The monoisotopic (exact) mass is 369 g/mol. The van der Waals surface area contributed by atoms with Gasteiger partial charge in [-0.1, -0.05) is 43.3 Å². The first-order chi connectivity index (χ1) is 12.7. The van der Waals surface area contributed by atoms with Crippen molar-refractivity contribution in [2.45, 2.75) is 26.5 Å². The van der Waals surface area contributed by atoms with Gasteiger partial charge in [-0.3, -0.25) is 4.79 Å². The molecule has 1 heterocycles. The zero-order chi connectivity index (χ0) is 18.4. The van der Waals surface area contributed by atoms with Crippen molar-refractivity contribution in [3.05, 3.63) is 70.9 Å². The summed E-state index contributed by atoms with van der Waals surface area (Å²) in [5.41, 5.74) is 1.86.